The number of hydrogen-bond donors (Lipinski definition) is 2. The Balaban J connectivity index is 1.34. The van der Waals surface area contributed by atoms with Crippen molar-refractivity contribution >= 4 is 35.6 Å². The first-order chi connectivity index (χ1) is 28.5. The Kier molecular flexibility index (Phi) is 14.3. The highest BCUT2D eigenvalue weighted by molar-refractivity contribution is 5.93. The smallest absolute Gasteiger partial charge is 0.463 e. The van der Waals surface area contributed by atoms with Gasteiger partial charge in [0, 0.05) is 41.6 Å². The van der Waals surface area contributed by atoms with Crippen LogP contribution in [0.5, 0.6) is 0 Å². The van der Waals surface area contributed by atoms with Gasteiger partial charge < -0.3 is 39.1 Å². The number of benzene rings is 2. The minimum Gasteiger partial charge on any atom is -0.463 e. The lowest BCUT2D eigenvalue weighted by Crippen LogP contribution is -2.37. The first kappa shape index (κ1) is 44.4. The average Bonchev–Trinajstić information content (AvgIpc) is 3.19. The zero-order valence-corrected chi connectivity index (χ0v) is 34.4. The molecule has 1 saturated carbocycles. The summed E-state index contributed by atoms with van der Waals surface area (Å²) in [6.07, 6.45) is -1.42. The summed E-state index contributed by atoms with van der Waals surface area (Å²) in [6.45, 7) is 11.6. The van der Waals surface area contributed by atoms with Crippen molar-refractivity contribution in [3.8, 4) is 0 Å². The van der Waals surface area contributed by atoms with E-state index in [1.807, 2.05) is 6.92 Å². The number of carbonyl (C=O) groups is 4. The van der Waals surface area contributed by atoms with Crippen LogP contribution in [0.2, 0.25) is 0 Å². The summed E-state index contributed by atoms with van der Waals surface area (Å²) in [7, 11) is 0. The average molecular weight is 833 g/mol. The summed E-state index contributed by atoms with van der Waals surface area (Å²) >= 11 is 0. The number of allylic oxidation sites excluding steroid dienone is 6. The molecule has 0 saturated heterocycles. The quantitative estimate of drug-likeness (QED) is 0.0847. The number of nitrogens with one attached hydrogen (secondary N) is 2. The Bertz CT molecular complexity index is 2190. The number of nitro benzene ring substituents is 2. The maximum atomic E-state index is 13.7. The van der Waals surface area contributed by atoms with Crippen molar-refractivity contribution in [1.29, 1.82) is 0 Å². The van der Waals surface area contributed by atoms with E-state index < -0.39 is 58.0 Å². The highest BCUT2D eigenvalue weighted by Crippen LogP contribution is 2.42. The molecule has 320 valence electrons. The lowest BCUT2D eigenvalue weighted by atomic mass is 9.81. The molecule has 1 fully saturated rings. The Morgan fingerprint density at radius 2 is 1.15 bits per heavy atom. The lowest BCUT2D eigenvalue weighted by Gasteiger charge is -2.34. The minimum absolute atomic E-state index is 0.0242. The molecule has 0 aromatic heterocycles. The van der Waals surface area contributed by atoms with E-state index in [1.54, 1.807) is 53.7 Å². The summed E-state index contributed by atoms with van der Waals surface area (Å²) in [5, 5.41) is 29.4. The molecule has 0 radical (unpaired) electrons. The van der Waals surface area contributed by atoms with Gasteiger partial charge in [-0.15, -0.1) is 0 Å². The molecule has 2 N–H and O–H groups in total. The van der Waals surface area contributed by atoms with Crippen LogP contribution in [-0.4, -0.2) is 60.0 Å². The van der Waals surface area contributed by atoms with E-state index >= 15 is 0 Å². The van der Waals surface area contributed by atoms with E-state index in [4.69, 9.17) is 28.4 Å². The molecule has 5 unspecified atom stereocenters. The molecule has 2 aliphatic heterocycles. The van der Waals surface area contributed by atoms with Crippen molar-refractivity contribution in [2.45, 2.75) is 85.7 Å². The fraction of sp³-hybridized carbons (Fsp3) is 0.429. The van der Waals surface area contributed by atoms with Gasteiger partial charge in [0.1, 0.15) is 24.2 Å². The molecule has 2 aromatic carbocycles. The summed E-state index contributed by atoms with van der Waals surface area (Å²) < 4.78 is 33.7. The molecule has 0 spiro atoms. The number of carbonyl (C=O) groups excluding carboxylic acids is 4. The number of hydrogen-bond acceptors (Lipinski definition) is 16. The van der Waals surface area contributed by atoms with Crippen molar-refractivity contribution in [3.63, 3.8) is 0 Å². The van der Waals surface area contributed by atoms with Crippen molar-refractivity contribution in [2.24, 2.45) is 11.8 Å². The van der Waals surface area contributed by atoms with Crippen molar-refractivity contribution in [2.75, 3.05) is 19.8 Å². The molecule has 5 rings (SSSR count). The molecule has 5 atom stereocenters. The normalized spacial score (nSPS) is 21.6. The van der Waals surface area contributed by atoms with Gasteiger partial charge in [-0.25, -0.2) is 19.2 Å². The molecule has 0 bridgehead atoms. The van der Waals surface area contributed by atoms with Gasteiger partial charge in [-0.1, -0.05) is 37.6 Å². The van der Waals surface area contributed by atoms with Gasteiger partial charge >= 0.3 is 24.2 Å². The number of ether oxygens (including phenoxy) is 6. The van der Waals surface area contributed by atoms with Crippen LogP contribution in [0.25, 0.3) is 0 Å². The number of non-ortho nitro benzene ring substituents is 2. The summed E-state index contributed by atoms with van der Waals surface area (Å²) in [4.78, 5) is 75.8. The zero-order valence-electron chi connectivity index (χ0n) is 34.4. The maximum absolute atomic E-state index is 13.7. The third kappa shape index (κ3) is 10.1. The third-order valence-corrected chi connectivity index (χ3v) is 10.5. The van der Waals surface area contributed by atoms with Crippen molar-refractivity contribution in [3.05, 3.63) is 125 Å². The molecule has 2 heterocycles. The Hall–Kier alpha value is -6.72. The van der Waals surface area contributed by atoms with E-state index in [1.165, 1.54) is 36.4 Å². The summed E-state index contributed by atoms with van der Waals surface area (Å²) in [6, 6.07) is 11.3. The Morgan fingerprint density at radius 3 is 1.60 bits per heavy atom. The first-order valence-electron chi connectivity index (χ1n) is 19.5. The van der Waals surface area contributed by atoms with Crippen LogP contribution in [0.3, 0.4) is 0 Å². The monoisotopic (exact) mass is 832 g/mol. The Labute approximate surface area is 345 Å². The number of dihydropyridines is 2. The maximum Gasteiger partial charge on any atom is 0.513 e. The van der Waals surface area contributed by atoms with E-state index in [9.17, 15) is 39.4 Å². The second-order valence-electron chi connectivity index (χ2n) is 14.7. The molecule has 3 aliphatic rings. The molecular formula is C42H48N4O14. The van der Waals surface area contributed by atoms with Gasteiger partial charge in [0.2, 0.25) is 0 Å². The van der Waals surface area contributed by atoms with E-state index in [0.29, 0.717) is 46.8 Å². The fourth-order valence-corrected chi connectivity index (χ4v) is 7.71. The van der Waals surface area contributed by atoms with E-state index in [2.05, 4.69) is 10.6 Å². The van der Waals surface area contributed by atoms with Gasteiger partial charge in [-0.3, -0.25) is 20.2 Å². The van der Waals surface area contributed by atoms with Crippen LogP contribution in [0.4, 0.5) is 21.0 Å². The predicted octanol–water partition coefficient (Wildman–Crippen LogP) is 7.83. The fourth-order valence-electron chi connectivity index (χ4n) is 7.71. The SMILES string of the molecule is CCOC(=O)C1=C(C)NC(C)=C(OC(=O)OCC2CCC(C)CC2OC(=O)OC2=C(C)NC(C)=C(C(=O)OCC)C2c2cccc([N+](=O)[O-])c2)C1c1cccc([N+](=O)[O-])c1. The highest BCUT2D eigenvalue weighted by Gasteiger charge is 2.41. The summed E-state index contributed by atoms with van der Waals surface area (Å²) in [5.41, 5.74) is 1.83. The van der Waals surface area contributed by atoms with Gasteiger partial charge in [0.05, 0.1) is 57.4 Å². The molecule has 2 aromatic rings. The number of esters is 2. The van der Waals surface area contributed by atoms with Gasteiger partial charge in [-0.05, 0) is 71.4 Å². The highest BCUT2D eigenvalue weighted by atomic mass is 16.7. The van der Waals surface area contributed by atoms with Crippen LogP contribution in [0.15, 0.2) is 94.0 Å². The van der Waals surface area contributed by atoms with E-state index in [-0.39, 0.29) is 59.8 Å². The molecule has 60 heavy (non-hydrogen) atoms. The molecule has 18 heteroatoms. The van der Waals surface area contributed by atoms with Crippen LogP contribution in [0, 0.1) is 32.1 Å². The standard InChI is InChI=1S/C42H48N4O14/c1-8-55-39(47)33-23(4)43-25(6)37(35(33)27-12-10-14-30(19-27)45(51)52)59-41(49)57-21-29-17-16-22(3)18-32(29)58-42(50)60-38-26(7)44-24(5)34(40(48)56-9-2)36(38)28-13-11-15-31(20-28)46(53)54/h10-15,19-20,22,29,32,35-36,43-44H,8-9,16-18,21H2,1-7H3. The molecular weight excluding hydrogens is 784 g/mol. The van der Waals surface area contributed by atoms with E-state index in [0.717, 1.165) is 6.42 Å². The minimum atomic E-state index is -1.13. The number of nitrogens with zero attached hydrogens (tertiary/aromatic N) is 2. The second kappa shape index (κ2) is 19.4. The molecule has 0 amide bonds. The second-order valence-corrected chi connectivity index (χ2v) is 14.7. The molecule has 18 nitrogen and oxygen atoms in total. The molecule has 1 aliphatic carbocycles. The summed E-state index contributed by atoms with van der Waals surface area (Å²) in [5.74, 6) is -4.00. The lowest BCUT2D eigenvalue weighted by molar-refractivity contribution is -0.385. The van der Waals surface area contributed by atoms with Crippen LogP contribution in [-0.2, 0) is 38.0 Å². The third-order valence-electron chi connectivity index (χ3n) is 10.5. The van der Waals surface area contributed by atoms with Crippen LogP contribution in [0.1, 0.15) is 90.7 Å². The van der Waals surface area contributed by atoms with Gasteiger partial charge in [-0.2, -0.15) is 0 Å². The number of nitro groups is 2. The van der Waals surface area contributed by atoms with Crippen LogP contribution >= 0.6 is 0 Å². The van der Waals surface area contributed by atoms with Crippen molar-refractivity contribution in [1.82, 2.24) is 10.6 Å². The predicted molar refractivity (Wildman–Crippen MR) is 212 cm³/mol. The van der Waals surface area contributed by atoms with Gasteiger partial charge in [0.25, 0.3) is 11.4 Å². The topological polar surface area (TPSA) is 234 Å². The number of rotatable bonds is 13. The Morgan fingerprint density at radius 1 is 0.683 bits per heavy atom. The van der Waals surface area contributed by atoms with Crippen LogP contribution < -0.4 is 10.6 Å². The zero-order chi connectivity index (χ0) is 43.8. The van der Waals surface area contributed by atoms with Gasteiger partial charge in [0.15, 0.2) is 0 Å². The largest absolute Gasteiger partial charge is 0.513 e. The van der Waals surface area contributed by atoms with Crippen molar-refractivity contribution < 1.29 is 57.4 Å². The first-order valence-corrected chi connectivity index (χ1v) is 19.5.